The monoisotopic (exact) mass is 219 g/mol. The number of hydrogen-bond donors (Lipinski definition) is 0. The molecule has 0 aromatic rings. The summed E-state index contributed by atoms with van der Waals surface area (Å²) in [6, 6.07) is 0. The van der Waals surface area contributed by atoms with Crippen molar-refractivity contribution in [3.05, 3.63) is 36.2 Å². The third-order valence-electron chi connectivity index (χ3n) is 1.63. The van der Waals surface area contributed by atoms with E-state index in [2.05, 4.69) is 6.58 Å². The fraction of sp³-hybridized carbons (Fsp3) is 0.455. The van der Waals surface area contributed by atoms with Crippen LogP contribution in [-0.2, 0) is 0 Å². The highest BCUT2D eigenvalue weighted by Crippen LogP contribution is 2.22. The fourth-order valence-corrected chi connectivity index (χ4v) is 1.04. The number of alkyl halides is 3. The molecule has 0 atom stereocenters. The minimum Gasteiger partial charge on any atom is -0.339 e. The molecule has 0 amide bonds. The van der Waals surface area contributed by atoms with E-state index in [0.29, 0.717) is 5.70 Å². The lowest BCUT2D eigenvalue weighted by atomic mass is 10.2. The van der Waals surface area contributed by atoms with E-state index in [1.165, 1.54) is 6.20 Å². The summed E-state index contributed by atoms with van der Waals surface area (Å²) in [5.41, 5.74) is 1.28. The van der Waals surface area contributed by atoms with Gasteiger partial charge in [0, 0.05) is 11.9 Å². The SMILES string of the molecule is C=C1C=C(C)C=CN1CC(F)(F)F.CC. The van der Waals surface area contributed by atoms with Gasteiger partial charge in [0.15, 0.2) is 0 Å². The maximum atomic E-state index is 12.0. The first-order chi connectivity index (χ1) is 6.88. The summed E-state index contributed by atoms with van der Waals surface area (Å²) >= 11 is 0. The molecule has 1 aliphatic heterocycles. The van der Waals surface area contributed by atoms with Crippen molar-refractivity contribution in [3.63, 3.8) is 0 Å². The van der Waals surface area contributed by atoms with Gasteiger partial charge in [-0.25, -0.2) is 0 Å². The summed E-state index contributed by atoms with van der Waals surface area (Å²) in [4.78, 5) is 1.08. The number of halogens is 3. The number of rotatable bonds is 1. The maximum absolute atomic E-state index is 12.0. The molecule has 1 rings (SSSR count). The van der Waals surface area contributed by atoms with Gasteiger partial charge < -0.3 is 4.90 Å². The topological polar surface area (TPSA) is 3.24 Å². The van der Waals surface area contributed by atoms with E-state index < -0.39 is 12.7 Å². The second kappa shape index (κ2) is 5.63. The lowest BCUT2D eigenvalue weighted by Crippen LogP contribution is -2.29. The molecule has 0 aliphatic carbocycles. The molecule has 1 nitrogen and oxygen atoms in total. The maximum Gasteiger partial charge on any atom is 0.406 e. The van der Waals surface area contributed by atoms with Crippen LogP contribution in [0.3, 0.4) is 0 Å². The van der Waals surface area contributed by atoms with Gasteiger partial charge in [-0.3, -0.25) is 0 Å². The molecular weight excluding hydrogens is 203 g/mol. The fourth-order valence-electron chi connectivity index (χ4n) is 1.04. The summed E-state index contributed by atoms with van der Waals surface area (Å²) in [6.45, 7) is 8.36. The highest BCUT2D eigenvalue weighted by atomic mass is 19.4. The Balaban J connectivity index is 0.000000921. The standard InChI is InChI=1S/C9H10F3N.C2H6/c1-7-3-4-13(8(2)5-7)6-9(10,11)12;1-2/h3-5H,2,6H2,1H3;1-2H3. The molecule has 0 unspecified atom stereocenters. The molecule has 1 heterocycles. The highest BCUT2D eigenvalue weighted by molar-refractivity contribution is 5.32. The quantitative estimate of drug-likeness (QED) is 0.647. The Labute approximate surface area is 88.6 Å². The van der Waals surface area contributed by atoms with Crippen molar-refractivity contribution >= 4 is 0 Å². The molecule has 0 fully saturated rings. The summed E-state index contributed by atoms with van der Waals surface area (Å²) in [5.74, 6) is 0. The van der Waals surface area contributed by atoms with Crippen LogP contribution in [0.4, 0.5) is 13.2 Å². The molecule has 0 bridgehead atoms. The van der Waals surface area contributed by atoms with E-state index >= 15 is 0 Å². The first-order valence-corrected chi connectivity index (χ1v) is 4.77. The van der Waals surface area contributed by atoms with Gasteiger partial charge in [0.25, 0.3) is 0 Å². The smallest absolute Gasteiger partial charge is 0.339 e. The summed E-state index contributed by atoms with van der Waals surface area (Å²) < 4.78 is 35.9. The minimum atomic E-state index is -4.19. The Hall–Kier alpha value is -1.19. The number of allylic oxidation sites excluding steroid dienone is 3. The lowest BCUT2D eigenvalue weighted by Gasteiger charge is -2.24. The summed E-state index contributed by atoms with van der Waals surface area (Å²) in [5, 5.41) is 0. The van der Waals surface area contributed by atoms with Gasteiger partial charge in [-0.1, -0.05) is 20.4 Å². The largest absolute Gasteiger partial charge is 0.406 e. The average Bonchev–Trinajstić information content (AvgIpc) is 2.12. The Morgan fingerprint density at radius 1 is 1.33 bits per heavy atom. The van der Waals surface area contributed by atoms with E-state index in [-0.39, 0.29) is 0 Å². The van der Waals surface area contributed by atoms with Crippen LogP contribution in [0.1, 0.15) is 20.8 Å². The molecule has 0 aromatic heterocycles. The second-order valence-corrected chi connectivity index (χ2v) is 2.94. The van der Waals surface area contributed by atoms with E-state index in [4.69, 9.17) is 0 Å². The first kappa shape index (κ1) is 13.8. The van der Waals surface area contributed by atoms with E-state index in [1.54, 1.807) is 12.2 Å². The Morgan fingerprint density at radius 3 is 2.27 bits per heavy atom. The Bertz CT molecular complexity index is 274. The van der Waals surface area contributed by atoms with E-state index in [9.17, 15) is 13.2 Å². The molecule has 0 aromatic carbocycles. The lowest BCUT2D eigenvalue weighted by molar-refractivity contribution is -0.136. The van der Waals surface area contributed by atoms with Crippen LogP contribution in [0.25, 0.3) is 0 Å². The van der Waals surface area contributed by atoms with Gasteiger partial charge >= 0.3 is 6.18 Å². The van der Waals surface area contributed by atoms with Crippen molar-refractivity contribution in [1.29, 1.82) is 0 Å². The third kappa shape index (κ3) is 5.30. The van der Waals surface area contributed by atoms with Crippen molar-refractivity contribution in [3.8, 4) is 0 Å². The predicted octanol–water partition coefficient (Wildman–Crippen LogP) is 3.86. The molecular formula is C11H16F3N. The van der Waals surface area contributed by atoms with Gasteiger partial charge in [0.05, 0.1) is 0 Å². The molecule has 86 valence electrons. The van der Waals surface area contributed by atoms with Crippen molar-refractivity contribution in [2.24, 2.45) is 0 Å². The predicted molar refractivity (Wildman–Crippen MR) is 56.1 cm³/mol. The van der Waals surface area contributed by atoms with E-state index in [1.807, 2.05) is 20.8 Å². The van der Waals surface area contributed by atoms with Crippen LogP contribution in [0.2, 0.25) is 0 Å². The molecule has 1 aliphatic rings. The van der Waals surface area contributed by atoms with Crippen molar-refractivity contribution in [2.75, 3.05) is 6.54 Å². The average molecular weight is 219 g/mol. The molecule has 15 heavy (non-hydrogen) atoms. The van der Waals surface area contributed by atoms with E-state index in [0.717, 1.165) is 10.5 Å². The Morgan fingerprint density at radius 2 is 1.87 bits per heavy atom. The van der Waals surface area contributed by atoms with Crippen LogP contribution in [-0.4, -0.2) is 17.6 Å². The molecule has 4 heteroatoms. The normalized spacial score (nSPS) is 15.7. The number of hydrogen-bond acceptors (Lipinski definition) is 1. The van der Waals surface area contributed by atoms with Crippen LogP contribution in [0.5, 0.6) is 0 Å². The highest BCUT2D eigenvalue weighted by Gasteiger charge is 2.30. The van der Waals surface area contributed by atoms with Gasteiger partial charge in [0.2, 0.25) is 0 Å². The zero-order valence-corrected chi connectivity index (χ0v) is 9.23. The van der Waals surface area contributed by atoms with Crippen molar-refractivity contribution in [1.82, 2.24) is 4.90 Å². The second-order valence-electron chi connectivity index (χ2n) is 2.94. The van der Waals surface area contributed by atoms with Crippen LogP contribution in [0, 0.1) is 0 Å². The summed E-state index contributed by atoms with van der Waals surface area (Å²) in [6.07, 6.45) is 0.448. The van der Waals surface area contributed by atoms with Crippen molar-refractivity contribution in [2.45, 2.75) is 26.9 Å². The van der Waals surface area contributed by atoms with Crippen LogP contribution >= 0.6 is 0 Å². The zero-order valence-electron chi connectivity index (χ0n) is 9.23. The van der Waals surface area contributed by atoms with Crippen LogP contribution < -0.4 is 0 Å². The molecule has 0 saturated heterocycles. The minimum absolute atomic E-state index is 0.373. The van der Waals surface area contributed by atoms with Gasteiger partial charge in [0.1, 0.15) is 6.54 Å². The zero-order chi connectivity index (χ0) is 12.1. The van der Waals surface area contributed by atoms with Crippen molar-refractivity contribution < 1.29 is 13.2 Å². The third-order valence-corrected chi connectivity index (χ3v) is 1.63. The number of nitrogens with zero attached hydrogens (tertiary/aromatic N) is 1. The van der Waals surface area contributed by atoms with Gasteiger partial charge in [-0.15, -0.1) is 0 Å². The summed E-state index contributed by atoms with van der Waals surface area (Å²) in [7, 11) is 0. The van der Waals surface area contributed by atoms with Crippen LogP contribution in [0.15, 0.2) is 36.2 Å². The molecule has 0 spiro atoms. The Kier molecular flexibility index (Phi) is 5.19. The molecule has 0 saturated carbocycles. The molecule has 0 radical (unpaired) electrons. The van der Waals surface area contributed by atoms with Gasteiger partial charge in [-0.2, -0.15) is 13.2 Å². The molecule has 0 N–H and O–H groups in total. The first-order valence-electron chi connectivity index (χ1n) is 4.77. The van der Waals surface area contributed by atoms with Gasteiger partial charge in [-0.05, 0) is 24.6 Å².